The van der Waals surface area contributed by atoms with Crippen LogP contribution in [0.5, 0.6) is 11.6 Å². The maximum atomic E-state index is 5.85. The van der Waals surface area contributed by atoms with E-state index in [2.05, 4.69) is 31.1 Å². The third-order valence-electron chi connectivity index (χ3n) is 2.79. The van der Waals surface area contributed by atoms with Crippen LogP contribution in [0.15, 0.2) is 42.6 Å². The monoisotopic (exact) mass is 256 g/mol. The summed E-state index contributed by atoms with van der Waals surface area (Å²) in [6.07, 6.45) is 1.75. The van der Waals surface area contributed by atoms with Crippen LogP contribution in [-0.4, -0.2) is 11.0 Å². The minimum atomic E-state index is 0.437. The number of pyridine rings is 1. The van der Waals surface area contributed by atoms with Gasteiger partial charge >= 0.3 is 0 Å². The Labute approximate surface area is 114 Å². The largest absolute Gasteiger partial charge is 0.439 e. The maximum absolute atomic E-state index is 5.85. The van der Waals surface area contributed by atoms with Gasteiger partial charge in [0, 0.05) is 24.3 Å². The normalized spacial score (nSPS) is 10.7. The van der Waals surface area contributed by atoms with Crippen LogP contribution in [0.25, 0.3) is 0 Å². The van der Waals surface area contributed by atoms with Crippen molar-refractivity contribution in [2.24, 2.45) is 0 Å². The molecule has 100 valence electrons. The van der Waals surface area contributed by atoms with Crippen LogP contribution in [-0.2, 0) is 6.54 Å². The number of ether oxygens (including phenoxy) is 1. The lowest BCUT2D eigenvalue weighted by Gasteiger charge is -2.12. The molecule has 1 aromatic carbocycles. The van der Waals surface area contributed by atoms with Crippen molar-refractivity contribution in [1.29, 1.82) is 0 Å². The summed E-state index contributed by atoms with van der Waals surface area (Å²) in [7, 11) is 0. The molecule has 1 N–H and O–H groups in total. The van der Waals surface area contributed by atoms with Gasteiger partial charge in [-0.3, -0.25) is 0 Å². The van der Waals surface area contributed by atoms with Gasteiger partial charge in [0.2, 0.25) is 5.88 Å². The molecular formula is C16H20N2O. The van der Waals surface area contributed by atoms with E-state index in [0.717, 1.165) is 17.9 Å². The molecule has 2 aromatic rings. The van der Waals surface area contributed by atoms with Crippen molar-refractivity contribution in [2.75, 3.05) is 0 Å². The smallest absolute Gasteiger partial charge is 0.223 e. The second-order valence-electron chi connectivity index (χ2n) is 4.92. The van der Waals surface area contributed by atoms with E-state index in [0.29, 0.717) is 11.9 Å². The zero-order valence-electron chi connectivity index (χ0n) is 11.7. The SMILES string of the molecule is Cc1ccc(Oc2ncccc2CNC(C)C)cc1. The van der Waals surface area contributed by atoms with Gasteiger partial charge in [-0.05, 0) is 25.1 Å². The average molecular weight is 256 g/mol. The highest BCUT2D eigenvalue weighted by Crippen LogP contribution is 2.23. The molecule has 0 bridgehead atoms. The number of rotatable bonds is 5. The Morgan fingerprint density at radius 2 is 1.89 bits per heavy atom. The van der Waals surface area contributed by atoms with E-state index in [1.165, 1.54) is 5.56 Å². The Kier molecular flexibility index (Phi) is 4.53. The van der Waals surface area contributed by atoms with Gasteiger partial charge in [0.15, 0.2) is 0 Å². The molecule has 0 saturated heterocycles. The van der Waals surface area contributed by atoms with Gasteiger partial charge in [-0.15, -0.1) is 0 Å². The number of nitrogens with zero attached hydrogens (tertiary/aromatic N) is 1. The standard InChI is InChI=1S/C16H20N2O/c1-12(2)18-11-14-5-4-10-17-16(14)19-15-8-6-13(3)7-9-15/h4-10,12,18H,11H2,1-3H3. The lowest BCUT2D eigenvalue weighted by molar-refractivity contribution is 0.450. The number of aryl methyl sites for hydroxylation is 1. The first-order chi connectivity index (χ1) is 9.15. The molecule has 3 heteroatoms. The zero-order chi connectivity index (χ0) is 13.7. The molecule has 3 nitrogen and oxygen atoms in total. The van der Waals surface area contributed by atoms with Crippen LogP contribution in [0.2, 0.25) is 0 Å². The summed E-state index contributed by atoms with van der Waals surface area (Å²) in [4.78, 5) is 4.31. The Balaban J connectivity index is 2.13. The number of nitrogens with one attached hydrogen (secondary N) is 1. The topological polar surface area (TPSA) is 34.1 Å². The Hall–Kier alpha value is -1.87. The molecule has 0 amide bonds. The van der Waals surface area contributed by atoms with Crippen molar-refractivity contribution in [3.63, 3.8) is 0 Å². The first-order valence-corrected chi connectivity index (χ1v) is 6.57. The van der Waals surface area contributed by atoms with Gasteiger partial charge in [0.05, 0.1) is 0 Å². The molecule has 0 aliphatic rings. The van der Waals surface area contributed by atoms with E-state index in [1.54, 1.807) is 6.20 Å². The number of aromatic nitrogens is 1. The predicted octanol–water partition coefficient (Wildman–Crippen LogP) is 3.68. The summed E-state index contributed by atoms with van der Waals surface area (Å²) < 4.78 is 5.85. The summed E-state index contributed by atoms with van der Waals surface area (Å²) in [5, 5.41) is 3.38. The van der Waals surface area contributed by atoms with Crippen LogP contribution in [0, 0.1) is 6.92 Å². The molecule has 2 rings (SSSR count). The summed E-state index contributed by atoms with van der Waals surface area (Å²) in [5.74, 6) is 1.48. The van der Waals surface area contributed by atoms with Crippen molar-refractivity contribution in [1.82, 2.24) is 10.3 Å². The van der Waals surface area contributed by atoms with E-state index in [4.69, 9.17) is 4.74 Å². The lowest BCUT2D eigenvalue weighted by atomic mass is 10.2. The third kappa shape index (κ3) is 4.07. The van der Waals surface area contributed by atoms with Crippen molar-refractivity contribution < 1.29 is 4.74 Å². The summed E-state index contributed by atoms with van der Waals surface area (Å²) in [5.41, 5.74) is 2.28. The van der Waals surface area contributed by atoms with Crippen LogP contribution >= 0.6 is 0 Å². The minimum Gasteiger partial charge on any atom is -0.439 e. The van der Waals surface area contributed by atoms with Crippen molar-refractivity contribution in [3.05, 3.63) is 53.7 Å². The predicted molar refractivity (Wildman–Crippen MR) is 77.5 cm³/mol. The van der Waals surface area contributed by atoms with E-state index in [9.17, 15) is 0 Å². The fourth-order valence-electron chi connectivity index (χ4n) is 1.68. The summed E-state index contributed by atoms with van der Waals surface area (Å²) in [6, 6.07) is 12.4. The Bertz CT molecular complexity index is 521. The molecule has 1 aromatic heterocycles. The van der Waals surface area contributed by atoms with E-state index < -0.39 is 0 Å². The fourth-order valence-corrected chi connectivity index (χ4v) is 1.68. The van der Waals surface area contributed by atoms with Crippen LogP contribution < -0.4 is 10.1 Å². The van der Waals surface area contributed by atoms with Gasteiger partial charge in [0.25, 0.3) is 0 Å². The van der Waals surface area contributed by atoms with E-state index in [-0.39, 0.29) is 0 Å². The zero-order valence-corrected chi connectivity index (χ0v) is 11.7. The molecule has 0 radical (unpaired) electrons. The molecular weight excluding hydrogens is 236 g/mol. The lowest BCUT2D eigenvalue weighted by Crippen LogP contribution is -2.22. The molecule has 0 saturated carbocycles. The second-order valence-corrected chi connectivity index (χ2v) is 4.92. The number of benzene rings is 1. The third-order valence-corrected chi connectivity index (χ3v) is 2.79. The molecule has 0 fully saturated rings. The first-order valence-electron chi connectivity index (χ1n) is 6.57. The molecule has 0 unspecified atom stereocenters. The minimum absolute atomic E-state index is 0.437. The van der Waals surface area contributed by atoms with Crippen molar-refractivity contribution in [2.45, 2.75) is 33.4 Å². The molecule has 19 heavy (non-hydrogen) atoms. The van der Waals surface area contributed by atoms with Crippen LogP contribution in [0.1, 0.15) is 25.0 Å². The number of hydrogen-bond acceptors (Lipinski definition) is 3. The van der Waals surface area contributed by atoms with E-state index in [1.807, 2.05) is 36.4 Å². The van der Waals surface area contributed by atoms with Crippen molar-refractivity contribution in [3.8, 4) is 11.6 Å². The van der Waals surface area contributed by atoms with Gasteiger partial charge in [-0.2, -0.15) is 0 Å². The highest BCUT2D eigenvalue weighted by molar-refractivity contribution is 5.33. The van der Waals surface area contributed by atoms with Gasteiger partial charge in [0.1, 0.15) is 5.75 Å². The quantitative estimate of drug-likeness (QED) is 0.886. The second kappa shape index (κ2) is 6.34. The molecule has 0 aliphatic carbocycles. The van der Waals surface area contributed by atoms with Crippen LogP contribution in [0.3, 0.4) is 0 Å². The average Bonchev–Trinajstić information content (AvgIpc) is 2.40. The molecule has 1 heterocycles. The van der Waals surface area contributed by atoms with Gasteiger partial charge in [-0.1, -0.05) is 37.6 Å². The summed E-state index contributed by atoms with van der Waals surface area (Å²) >= 11 is 0. The highest BCUT2D eigenvalue weighted by Gasteiger charge is 2.06. The molecule has 0 aliphatic heterocycles. The van der Waals surface area contributed by atoms with Crippen LogP contribution in [0.4, 0.5) is 0 Å². The Morgan fingerprint density at radius 3 is 2.58 bits per heavy atom. The fraction of sp³-hybridized carbons (Fsp3) is 0.312. The Morgan fingerprint density at radius 1 is 1.16 bits per heavy atom. The highest BCUT2D eigenvalue weighted by atomic mass is 16.5. The molecule has 0 atom stereocenters. The van der Waals surface area contributed by atoms with Gasteiger partial charge in [-0.25, -0.2) is 4.98 Å². The number of hydrogen-bond donors (Lipinski definition) is 1. The van der Waals surface area contributed by atoms with Gasteiger partial charge < -0.3 is 10.1 Å². The van der Waals surface area contributed by atoms with E-state index >= 15 is 0 Å². The maximum Gasteiger partial charge on any atom is 0.223 e. The summed E-state index contributed by atoms with van der Waals surface area (Å²) in [6.45, 7) is 7.06. The van der Waals surface area contributed by atoms with Crippen molar-refractivity contribution >= 4 is 0 Å². The first kappa shape index (κ1) is 13.6. The molecule has 0 spiro atoms.